The first-order valence-corrected chi connectivity index (χ1v) is 17.0. The highest BCUT2D eigenvalue weighted by molar-refractivity contribution is 5.17. The fourth-order valence-corrected chi connectivity index (χ4v) is 5.85. The van der Waals surface area contributed by atoms with Crippen LogP contribution in [-0.2, 0) is 61.6 Å². The lowest BCUT2D eigenvalue weighted by atomic mass is 9.95. The Morgan fingerprint density at radius 2 is 0.776 bits per heavy atom. The van der Waals surface area contributed by atoms with E-state index in [1.165, 1.54) is 0 Å². The molecule has 0 bridgehead atoms. The molecule has 5 atom stereocenters. The van der Waals surface area contributed by atoms with E-state index in [0.29, 0.717) is 46.0 Å². The van der Waals surface area contributed by atoms with E-state index in [9.17, 15) is 0 Å². The number of benzene rings is 5. The summed E-state index contributed by atoms with van der Waals surface area (Å²) in [7, 11) is 0. The largest absolute Gasteiger partial charge is 0.368 e. The lowest BCUT2D eigenvalue weighted by molar-refractivity contribution is -0.326. The van der Waals surface area contributed by atoms with Gasteiger partial charge in [0, 0.05) is 6.54 Å². The zero-order valence-corrected chi connectivity index (χ0v) is 27.7. The van der Waals surface area contributed by atoms with E-state index in [-0.39, 0.29) is 6.10 Å². The van der Waals surface area contributed by atoms with E-state index in [1.54, 1.807) is 0 Å². The molecule has 254 valence electrons. The summed E-state index contributed by atoms with van der Waals surface area (Å²) in [4.78, 5) is 5.81. The van der Waals surface area contributed by atoms with Crippen LogP contribution in [0.5, 0.6) is 0 Å². The summed E-state index contributed by atoms with van der Waals surface area (Å²) in [6.45, 7) is 2.52. The smallest absolute Gasteiger partial charge is 0.187 e. The maximum absolute atomic E-state index is 6.81. The van der Waals surface area contributed by atoms with Crippen LogP contribution in [0.1, 0.15) is 34.2 Å². The Kier molecular flexibility index (Phi) is 13.5. The van der Waals surface area contributed by atoms with Crippen molar-refractivity contribution in [1.29, 1.82) is 0 Å². The third-order valence-corrected chi connectivity index (χ3v) is 8.42. The summed E-state index contributed by atoms with van der Waals surface area (Å²) in [6, 6.07) is 50.7. The summed E-state index contributed by atoms with van der Waals surface area (Å²) in [5.41, 5.74) is 8.45. The lowest BCUT2D eigenvalue weighted by Crippen LogP contribution is -2.61. The van der Waals surface area contributed by atoms with Crippen LogP contribution in [0.4, 0.5) is 0 Å². The van der Waals surface area contributed by atoms with Crippen molar-refractivity contribution in [1.82, 2.24) is 5.48 Å². The Bertz CT molecular complexity index is 1590. The second-order valence-corrected chi connectivity index (χ2v) is 12.1. The second-order valence-electron chi connectivity index (χ2n) is 12.1. The quantitative estimate of drug-likeness (QED) is 0.0761. The molecule has 0 radical (unpaired) electrons. The van der Waals surface area contributed by atoms with Gasteiger partial charge in [-0.3, -0.25) is 4.84 Å². The Morgan fingerprint density at radius 3 is 1.22 bits per heavy atom. The highest BCUT2D eigenvalue weighted by Crippen LogP contribution is 2.33. The first-order chi connectivity index (χ1) is 24.3. The Morgan fingerprint density at radius 1 is 0.408 bits per heavy atom. The molecule has 0 amide bonds. The van der Waals surface area contributed by atoms with Crippen LogP contribution in [-0.4, -0.2) is 37.3 Å². The lowest BCUT2D eigenvalue weighted by Gasteiger charge is -2.46. The Labute approximate surface area is 289 Å². The summed E-state index contributed by atoms with van der Waals surface area (Å²) < 4.78 is 33.6. The highest BCUT2D eigenvalue weighted by Gasteiger charge is 2.48. The van der Waals surface area contributed by atoms with Crippen molar-refractivity contribution in [3.05, 3.63) is 179 Å². The van der Waals surface area contributed by atoms with E-state index < -0.39 is 24.6 Å². The predicted molar refractivity (Wildman–Crippen MR) is 189 cm³/mol. The van der Waals surface area contributed by atoms with E-state index >= 15 is 0 Å². The first-order valence-electron chi connectivity index (χ1n) is 17.0. The second kappa shape index (κ2) is 19.1. The van der Waals surface area contributed by atoms with Gasteiger partial charge < -0.3 is 23.7 Å². The maximum Gasteiger partial charge on any atom is 0.187 e. The number of hydrogen-bond acceptors (Lipinski definition) is 7. The minimum absolute atomic E-state index is 0.364. The van der Waals surface area contributed by atoms with Gasteiger partial charge in [-0.15, -0.1) is 0 Å². The average molecular weight is 660 g/mol. The maximum atomic E-state index is 6.81. The molecule has 0 saturated carbocycles. The number of rotatable bonds is 18. The van der Waals surface area contributed by atoms with E-state index in [0.717, 1.165) is 27.8 Å². The minimum Gasteiger partial charge on any atom is -0.368 e. The van der Waals surface area contributed by atoms with Crippen molar-refractivity contribution >= 4 is 0 Å². The topological polar surface area (TPSA) is 67.4 Å². The molecule has 49 heavy (non-hydrogen) atoms. The molecule has 7 heteroatoms. The van der Waals surface area contributed by atoms with Crippen molar-refractivity contribution in [2.75, 3.05) is 6.54 Å². The summed E-state index contributed by atoms with van der Waals surface area (Å²) in [5.74, 6) is 0. The van der Waals surface area contributed by atoms with Gasteiger partial charge in [0.05, 0.1) is 39.1 Å². The molecule has 6 rings (SSSR count). The van der Waals surface area contributed by atoms with Crippen molar-refractivity contribution in [3.8, 4) is 0 Å². The first kappa shape index (κ1) is 34.7. The van der Waals surface area contributed by atoms with Crippen molar-refractivity contribution in [2.45, 2.75) is 70.2 Å². The molecular weight excluding hydrogens is 614 g/mol. The van der Waals surface area contributed by atoms with Crippen LogP contribution in [0.15, 0.2) is 152 Å². The number of nitrogens with one attached hydrogen (secondary N) is 1. The SMILES string of the molecule is c1ccc(CONCC[C@H]2O[C@H](OCc3ccccc3)[C@@H](OCc3ccccc3)[C@@H](OCc3ccccc3)[C@@H]2OCc2ccccc2)cc1. The summed E-state index contributed by atoms with van der Waals surface area (Å²) >= 11 is 0. The molecule has 1 heterocycles. The standard InChI is InChI=1S/C42H45NO6/c1-6-16-33(17-7-1)28-44-39-38(26-27-43-48-32-37-24-14-5-15-25-37)49-42(47-31-36-22-12-4-13-23-36)41(46-30-35-20-10-3-11-21-35)40(39)45-29-34-18-8-2-9-19-34/h1-25,38-43H,26-32H2/t38-,39-,40+,41+,42+/m1/s1. The zero-order valence-electron chi connectivity index (χ0n) is 27.7. The third-order valence-electron chi connectivity index (χ3n) is 8.42. The van der Waals surface area contributed by atoms with Crippen molar-refractivity contribution in [2.24, 2.45) is 0 Å². The molecular formula is C42H45NO6. The van der Waals surface area contributed by atoms with Gasteiger partial charge in [0.2, 0.25) is 0 Å². The average Bonchev–Trinajstić information content (AvgIpc) is 3.17. The van der Waals surface area contributed by atoms with Crippen LogP contribution in [0.25, 0.3) is 0 Å². The van der Waals surface area contributed by atoms with Crippen LogP contribution >= 0.6 is 0 Å². The molecule has 7 nitrogen and oxygen atoms in total. The molecule has 5 aromatic carbocycles. The molecule has 1 saturated heterocycles. The zero-order chi connectivity index (χ0) is 33.4. The van der Waals surface area contributed by atoms with Gasteiger partial charge in [0.25, 0.3) is 0 Å². The van der Waals surface area contributed by atoms with Gasteiger partial charge in [0.15, 0.2) is 6.29 Å². The molecule has 1 fully saturated rings. The van der Waals surface area contributed by atoms with Crippen LogP contribution in [0.2, 0.25) is 0 Å². The minimum atomic E-state index is -0.712. The Hall–Kier alpha value is -4.18. The Balaban J connectivity index is 1.25. The van der Waals surface area contributed by atoms with Crippen LogP contribution in [0.3, 0.4) is 0 Å². The molecule has 1 aliphatic rings. The summed E-state index contributed by atoms with van der Waals surface area (Å²) in [6.07, 6.45) is -2.04. The van der Waals surface area contributed by atoms with Gasteiger partial charge in [-0.05, 0) is 34.2 Å². The van der Waals surface area contributed by atoms with Crippen LogP contribution < -0.4 is 5.48 Å². The van der Waals surface area contributed by atoms with Gasteiger partial charge in [0.1, 0.15) is 18.3 Å². The molecule has 0 aliphatic carbocycles. The van der Waals surface area contributed by atoms with Crippen molar-refractivity contribution < 1.29 is 28.5 Å². The summed E-state index contributed by atoms with van der Waals surface area (Å²) in [5, 5.41) is 0. The molecule has 0 unspecified atom stereocenters. The number of hydrogen-bond donors (Lipinski definition) is 1. The van der Waals surface area contributed by atoms with Gasteiger partial charge in [-0.25, -0.2) is 5.48 Å². The molecule has 1 aliphatic heterocycles. The molecule has 0 spiro atoms. The predicted octanol–water partition coefficient (Wildman–Crippen LogP) is 7.80. The van der Waals surface area contributed by atoms with E-state index in [4.69, 9.17) is 28.5 Å². The van der Waals surface area contributed by atoms with E-state index in [1.807, 2.05) is 115 Å². The number of ether oxygens (including phenoxy) is 5. The van der Waals surface area contributed by atoms with E-state index in [2.05, 4.69) is 41.9 Å². The van der Waals surface area contributed by atoms with Gasteiger partial charge >= 0.3 is 0 Å². The van der Waals surface area contributed by atoms with Gasteiger partial charge in [-0.2, -0.15) is 0 Å². The number of hydroxylamine groups is 1. The highest BCUT2D eigenvalue weighted by atomic mass is 16.7. The molecule has 0 aromatic heterocycles. The van der Waals surface area contributed by atoms with Crippen molar-refractivity contribution in [3.63, 3.8) is 0 Å². The normalized spacial score (nSPS) is 20.6. The van der Waals surface area contributed by atoms with Crippen LogP contribution in [0, 0.1) is 0 Å². The molecule has 5 aromatic rings. The molecule has 1 N–H and O–H groups in total. The monoisotopic (exact) mass is 659 g/mol. The fraction of sp³-hybridized carbons (Fsp3) is 0.286. The van der Waals surface area contributed by atoms with Gasteiger partial charge in [-0.1, -0.05) is 152 Å². The fourth-order valence-electron chi connectivity index (χ4n) is 5.85. The third kappa shape index (κ3) is 10.9.